The number of carbonyl (C=O) groups excluding carboxylic acids is 2. The van der Waals surface area contributed by atoms with Crippen LogP contribution >= 0.6 is 112 Å². The van der Waals surface area contributed by atoms with Crippen LogP contribution in [0.4, 0.5) is 8.78 Å². The van der Waals surface area contributed by atoms with Gasteiger partial charge in [-0.2, -0.15) is 17.2 Å². The fraction of sp³-hybridized carbons (Fsp3) is 0.200. The van der Waals surface area contributed by atoms with Crippen LogP contribution in [0.5, 0.6) is 11.5 Å². The standard InChI is InChI=1S/C10HBr7F2O7S/c11-1-3(13)6(26-8(21)10(18,19)27(22,23)24)4(14)2(12)5(1)25-7(20)9(15,16)17/h(H,22,23,24). The first kappa shape index (κ1) is 26.3. The lowest BCUT2D eigenvalue weighted by molar-refractivity contribution is -0.151. The van der Waals surface area contributed by atoms with Crippen molar-refractivity contribution in [1.82, 2.24) is 0 Å². The highest BCUT2D eigenvalue weighted by Gasteiger charge is 2.54. The second-order valence-corrected chi connectivity index (χ2v) is 15.6. The summed E-state index contributed by atoms with van der Waals surface area (Å²) >= 11 is 20.8. The molecule has 0 radical (unpaired) electrons. The van der Waals surface area contributed by atoms with Gasteiger partial charge in [0.25, 0.3) is 0 Å². The molecule has 1 N–H and O–H groups in total. The van der Waals surface area contributed by atoms with Crippen molar-refractivity contribution in [2.75, 3.05) is 0 Å². The summed E-state index contributed by atoms with van der Waals surface area (Å²) < 4.78 is 64.2. The predicted octanol–water partition coefficient (Wildman–Crippen LogP) is 5.87. The van der Waals surface area contributed by atoms with Crippen LogP contribution in [0.3, 0.4) is 0 Å². The number of esters is 2. The Labute approximate surface area is 208 Å². The monoisotopic (exact) mass is 855 g/mol. The van der Waals surface area contributed by atoms with E-state index in [1.54, 1.807) is 0 Å². The summed E-state index contributed by atoms with van der Waals surface area (Å²) in [6.07, 6.45) is 0. The van der Waals surface area contributed by atoms with Crippen molar-refractivity contribution >= 4 is 134 Å². The van der Waals surface area contributed by atoms with Gasteiger partial charge in [0.2, 0.25) is 2.14 Å². The minimum atomic E-state index is -6.05. The van der Waals surface area contributed by atoms with Crippen molar-refractivity contribution in [1.29, 1.82) is 0 Å². The molecule has 0 saturated carbocycles. The van der Waals surface area contributed by atoms with Crippen molar-refractivity contribution in [2.24, 2.45) is 0 Å². The zero-order valence-electron chi connectivity index (χ0n) is 11.7. The molecule has 0 saturated heterocycles. The molecule has 0 heterocycles. The predicted molar refractivity (Wildman–Crippen MR) is 115 cm³/mol. The molecule has 0 amide bonds. The molecular weight excluding hydrogens is 861 g/mol. The molecule has 1 rings (SSSR count). The minimum Gasteiger partial charge on any atom is -0.422 e. The lowest BCUT2D eigenvalue weighted by Crippen LogP contribution is -2.40. The van der Waals surface area contributed by atoms with Crippen LogP contribution in [0.2, 0.25) is 0 Å². The molecule has 0 aliphatic carbocycles. The largest absolute Gasteiger partial charge is 0.466 e. The third kappa shape index (κ3) is 5.92. The van der Waals surface area contributed by atoms with Crippen LogP contribution in [0, 0.1) is 0 Å². The van der Waals surface area contributed by atoms with E-state index in [2.05, 4.69) is 116 Å². The zero-order valence-corrected chi connectivity index (χ0v) is 23.6. The maximum atomic E-state index is 13.4. The van der Waals surface area contributed by atoms with Gasteiger partial charge in [-0.1, -0.05) is 0 Å². The van der Waals surface area contributed by atoms with E-state index >= 15 is 0 Å². The Bertz CT molecular complexity index is 884. The van der Waals surface area contributed by atoms with Crippen LogP contribution in [-0.2, 0) is 19.7 Å². The Morgan fingerprint density at radius 1 is 0.815 bits per heavy atom. The van der Waals surface area contributed by atoms with E-state index in [0.29, 0.717) is 0 Å². The second-order valence-electron chi connectivity index (χ2n) is 4.18. The van der Waals surface area contributed by atoms with Crippen molar-refractivity contribution in [3.8, 4) is 11.5 Å². The van der Waals surface area contributed by atoms with Crippen molar-refractivity contribution in [3.05, 3.63) is 17.9 Å². The molecule has 0 fully saturated rings. The molecule has 0 aliphatic heterocycles. The molecule has 0 bridgehead atoms. The fourth-order valence-corrected chi connectivity index (χ4v) is 4.04. The van der Waals surface area contributed by atoms with E-state index in [1.807, 2.05) is 0 Å². The van der Waals surface area contributed by atoms with Crippen LogP contribution in [0.15, 0.2) is 17.9 Å². The summed E-state index contributed by atoms with van der Waals surface area (Å²) in [5.74, 6) is -4.17. The van der Waals surface area contributed by atoms with Crippen molar-refractivity contribution in [3.63, 3.8) is 0 Å². The van der Waals surface area contributed by atoms with Gasteiger partial charge in [-0.3, -0.25) is 4.55 Å². The Morgan fingerprint density at radius 2 is 1.11 bits per heavy atom. The van der Waals surface area contributed by atoms with Gasteiger partial charge in [-0.25, -0.2) is 9.59 Å². The topological polar surface area (TPSA) is 107 Å². The lowest BCUT2D eigenvalue weighted by Gasteiger charge is -2.19. The van der Waals surface area contributed by atoms with Gasteiger partial charge in [0, 0.05) is 0 Å². The van der Waals surface area contributed by atoms with E-state index < -0.39 is 35.2 Å². The molecule has 1 aromatic carbocycles. The smallest absolute Gasteiger partial charge is 0.422 e. The summed E-state index contributed by atoms with van der Waals surface area (Å²) in [7, 11) is -6.05. The van der Waals surface area contributed by atoms with Gasteiger partial charge < -0.3 is 9.47 Å². The molecule has 0 spiro atoms. The third-order valence-corrected chi connectivity index (χ3v) is 8.24. The van der Waals surface area contributed by atoms with E-state index in [1.165, 1.54) is 0 Å². The maximum absolute atomic E-state index is 13.4. The lowest BCUT2D eigenvalue weighted by atomic mass is 10.3. The normalized spacial score (nSPS) is 12.7. The first-order chi connectivity index (χ1) is 11.9. The van der Waals surface area contributed by atoms with Gasteiger partial charge in [0.1, 0.15) is 0 Å². The number of carbonyl (C=O) groups is 2. The van der Waals surface area contributed by atoms with Gasteiger partial charge in [0.05, 0.1) is 17.9 Å². The second kappa shape index (κ2) is 9.20. The summed E-state index contributed by atoms with van der Waals surface area (Å²) in [6, 6.07) is 0. The summed E-state index contributed by atoms with van der Waals surface area (Å²) in [6.45, 7) is 0. The molecule has 17 heteroatoms. The van der Waals surface area contributed by atoms with Crippen LogP contribution in [0.1, 0.15) is 0 Å². The molecule has 1 aromatic rings. The van der Waals surface area contributed by atoms with Gasteiger partial charge in [-0.05, 0) is 112 Å². The number of hydrogen-bond donors (Lipinski definition) is 1. The maximum Gasteiger partial charge on any atom is 0.466 e. The highest BCUT2D eigenvalue weighted by molar-refractivity contribution is 9.40. The summed E-state index contributed by atoms with van der Waals surface area (Å²) in [4.78, 5) is 23.5. The Kier molecular flexibility index (Phi) is 8.97. The highest BCUT2D eigenvalue weighted by atomic mass is 80.0. The van der Waals surface area contributed by atoms with Crippen molar-refractivity contribution in [2.45, 2.75) is 7.40 Å². The zero-order chi connectivity index (χ0) is 21.5. The Morgan fingerprint density at radius 3 is 1.37 bits per heavy atom. The fourth-order valence-electron chi connectivity index (χ4n) is 1.18. The Hall–Kier alpha value is 1.29. The first-order valence-corrected chi connectivity index (χ1v) is 12.6. The van der Waals surface area contributed by atoms with E-state index in [9.17, 15) is 26.8 Å². The number of ether oxygens (including phenoxy) is 2. The summed E-state index contributed by atoms with van der Waals surface area (Å²) in [5, 5.41) is -5.21. The minimum absolute atomic E-state index is 0.0550. The highest BCUT2D eigenvalue weighted by Crippen LogP contribution is 2.51. The third-order valence-electron chi connectivity index (χ3n) is 2.37. The van der Waals surface area contributed by atoms with Gasteiger partial charge >= 0.3 is 27.3 Å². The average Bonchev–Trinajstić information content (AvgIpc) is 2.51. The number of hydrogen-bond acceptors (Lipinski definition) is 6. The van der Waals surface area contributed by atoms with Crippen LogP contribution < -0.4 is 9.47 Å². The van der Waals surface area contributed by atoms with Gasteiger partial charge in [0.15, 0.2) is 11.5 Å². The quantitative estimate of drug-likeness (QED) is 0.133. The number of benzene rings is 1. The molecule has 27 heavy (non-hydrogen) atoms. The average molecular weight is 863 g/mol. The number of rotatable bonds is 4. The van der Waals surface area contributed by atoms with Gasteiger partial charge in [-0.15, -0.1) is 0 Å². The summed E-state index contributed by atoms with van der Waals surface area (Å²) in [5.41, 5.74) is 0. The number of halogens is 9. The SMILES string of the molecule is O=C(Oc1c(Br)c(Br)c(OC(=O)C(F)(F)S(=O)(=O)O)c(Br)c1Br)C(Br)(Br)Br. The molecular formula is C10HBr7F2O7S. The van der Waals surface area contributed by atoms with E-state index in [4.69, 9.17) is 9.29 Å². The van der Waals surface area contributed by atoms with Crippen LogP contribution in [-0.4, -0.2) is 32.3 Å². The number of alkyl halides is 5. The first-order valence-electron chi connectivity index (χ1n) is 5.65. The van der Waals surface area contributed by atoms with E-state index in [0.717, 1.165) is 0 Å². The molecule has 0 aromatic heterocycles. The van der Waals surface area contributed by atoms with Crippen LogP contribution in [0.25, 0.3) is 0 Å². The molecule has 0 atom stereocenters. The van der Waals surface area contributed by atoms with E-state index in [-0.39, 0.29) is 23.6 Å². The molecule has 152 valence electrons. The Balaban J connectivity index is 3.43. The molecule has 0 aliphatic rings. The van der Waals surface area contributed by atoms with Crippen molar-refractivity contribution < 1.29 is 40.8 Å². The molecule has 0 unspecified atom stereocenters. The molecule has 7 nitrogen and oxygen atoms in total.